The predicted molar refractivity (Wildman–Crippen MR) is 58.5 cm³/mol. The molecular formula is C8H11F3O3S2. The maximum Gasteiger partial charge on any atom is 0.319 e. The van der Waals surface area contributed by atoms with Crippen molar-refractivity contribution in [2.45, 2.75) is 37.8 Å². The van der Waals surface area contributed by atoms with Gasteiger partial charge in [0.2, 0.25) is 4.38 Å². The Bertz CT molecular complexity index is 275. The molecule has 16 heavy (non-hydrogen) atoms. The van der Waals surface area contributed by atoms with Crippen molar-refractivity contribution in [3.05, 3.63) is 0 Å². The summed E-state index contributed by atoms with van der Waals surface area (Å²) in [6, 6.07) is 0. The minimum atomic E-state index is -3.31. The maximum atomic E-state index is 12.4. The Balaban J connectivity index is 4.38. The van der Waals surface area contributed by atoms with Gasteiger partial charge >= 0.3 is 12.4 Å². The molecule has 8 heteroatoms. The summed E-state index contributed by atoms with van der Waals surface area (Å²) in [5.74, 6) is -1.17. The summed E-state index contributed by atoms with van der Waals surface area (Å²) >= 11 is 5.02. The molecule has 0 aromatic heterocycles. The highest BCUT2D eigenvalue weighted by Crippen LogP contribution is 2.31. The Morgan fingerprint density at radius 2 is 2.06 bits per heavy atom. The molecular weight excluding hydrogens is 265 g/mol. The Labute approximate surface area is 100 Å². The van der Waals surface area contributed by atoms with Gasteiger partial charge in [0, 0.05) is 0 Å². The summed E-state index contributed by atoms with van der Waals surface area (Å²) in [6.45, 7) is 2.94. The third kappa shape index (κ3) is 4.56. The van der Waals surface area contributed by atoms with Crippen LogP contribution in [-0.4, -0.2) is 33.0 Å². The van der Waals surface area contributed by atoms with Crippen LogP contribution in [0.25, 0.3) is 0 Å². The number of carboxylic acid groups (broad SMARTS) is 1. The van der Waals surface area contributed by atoms with Crippen LogP contribution in [0.3, 0.4) is 0 Å². The molecule has 0 fully saturated rings. The van der Waals surface area contributed by atoms with Crippen LogP contribution in [0.15, 0.2) is 0 Å². The lowest BCUT2D eigenvalue weighted by atomic mass is 10.1. The number of rotatable bonds is 5. The monoisotopic (exact) mass is 276 g/mol. The van der Waals surface area contributed by atoms with Crippen LogP contribution in [0.5, 0.6) is 0 Å². The molecule has 0 aliphatic carbocycles. The minimum Gasteiger partial charge on any atom is -0.480 e. The van der Waals surface area contributed by atoms with Gasteiger partial charge in [-0.15, -0.1) is 0 Å². The first-order valence-electron chi connectivity index (χ1n) is 4.28. The number of halogens is 3. The number of alkyl halides is 3. The molecule has 1 N–H and O–H groups in total. The predicted octanol–water partition coefficient (Wildman–Crippen LogP) is 2.84. The fraction of sp³-hybridized carbons (Fsp3) is 0.750. The molecule has 0 amide bonds. The first-order chi connectivity index (χ1) is 7.23. The highest BCUT2D eigenvalue weighted by Gasteiger charge is 2.35. The number of thiocarbonyl (C=S) groups is 1. The highest BCUT2D eigenvalue weighted by atomic mass is 32.2. The van der Waals surface area contributed by atoms with E-state index in [9.17, 15) is 18.0 Å². The van der Waals surface area contributed by atoms with E-state index >= 15 is 0 Å². The van der Waals surface area contributed by atoms with Gasteiger partial charge in [0.25, 0.3) is 6.36 Å². The van der Waals surface area contributed by atoms with E-state index < -0.39 is 27.9 Å². The van der Waals surface area contributed by atoms with Crippen molar-refractivity contribution in [3.63, 3.8) is 0 Å². The smallest absolute Gasteiger partial charge is 0.319 e. The minimum absolute atomic E-state index is 0.197. The normalized spacial score (nSPS) is 16.6. The van der Waals surface area contributed by atoms with Gasteiger partial charge in [-0.3, -0.25) is 4.79 Å². The fourth-order valence-electron chi connectivity index (χ4n) is 0.618. The molecule has 0 saturated heterocycles. The van der Waals surface area contributed by atoms with E-state index in [1.807, 2.05) is 0 Å². The largest absolute Gasteiger partial charge is 0.480 e. The number of thioether (sulfide) groups is 1. The van der Waals surface area contributed by atoms with Crippen LogP contribution in [0.2, 0.25) is 0 Å². The van der Waals surface area contributed by atoms with Gasteiger partial charge in [-0.2, -0.15) is 4.39 Å². The number of aliphatic carboxylic acids is 1. The number of hydrogen-bond donors (Lipinski definition) is 1. The molecule has 0 aliphatic heterocycles. The molecule has 2 atom stereocenters. The van der Waals surface area contributed by atoms with Crippen molar-refractivity contribution in [2.24, 2.45) is 0 Å². The number of hydrogen-bond acceptors (Lipinski definition) is 4. The van der Waals surface area contributed by atoms with Gasteiger partial charge in [-0.25, -0.2) is 8.78 Å². The molecule has 94 valence electrons. The van der Waals surface area contributed by atoms with Crippen molar-refractivity contribution < 1.29 is 27.8 Å². The summed E-state index contributed by atoms with van der Waals surface area (Å²) in [6.07, 6.45) is -5.94. The Morgan fingerprint density at radius 1 is 1.56 bits per heavy atom. The zero-order valence-electron chi connectivity index (χ0n) is 8.58. The lowest BCUT2D eigenvalue weighted by molar-refractivity contribution is -0.139. The number of carbonyl (C=O) groups is 1. The average Bonchev–Trinajstić information content (AvgIpc) is 2.16. The molecule has 0 bridgehead atoms. The van der Waals surface area contributed by atoms with E-state index in [0.29, 0.717) is 11.8 Å². The quantitative estimate of drug-likeness (QED) is 0.782. The van der Waals surface area contributed by atoms with Gasteiger partial charge < -0.3 is 9.84 Å². The van der Waals surface area contributed by atoms with E-state index in [1.165, 1.54) is 6.92 Å². The zero-order chi connectivity index (χ0) is 12.9. The van der Waals surface area contributed by atoms with Crippen molar-refractivity contribution in [2.75, 3.05) is 0 Å². The molecule has 0 aromatic rings. The standard InChI is InChI=1S/C8H11F3O3S2/c1-3-8(2,6(12)13)16-7(15)14-5(11)4(9)10/h4-5H,3H2,1-2H3,(H,12,13). The van der Waals surface area contributed by atoms with Gasteiger partial charge in [0.1, 0.15) is 4.75 Å². The molecule has 0 rings (SSSR count). The van der Waals surface area contributed by atoms with Gasteiger partial charge in [0.05, 0.1) is 0 Å². The number of ether oxygens (including phenoxy) is 1. The molecule has 2 unspecified atom stereocenters. The molecule has 0 saturated carbocycles. The summed E-state index contributed by atoms with van der Waals surface area (Å²) in [5.41, 5.74) is 0. The summed E-state index contributed by atoms with van der Waals surface area (Å²) in [5, 5.41) is 8.85. The van der Waals surface area contributed by atoms with Crippen LogP contribution in [0.1, 0.15) is 20.3 Å². The van der Waals surface area contributed by atoms with Crippen LogP contribution in [0.4, 0.5) is 13.2 Å². The first-order valence-corrected chi connectivity index (χ1v) is 5.50. The third-order valence-electron chi connectivity index (χ3n) is 1.84. The van der Waals surface area contributed by atoms with E-state index in [4.69, 9.17) is 5.11 Å². The van der Waals surface area contributed by atoms with E-state index in [0.717, 1.165) is 0 Å². The Morgan fingerprint density at radius 3 is 2.38 bits per heavy atom. The molecule has 0 aromatic carbocycles. The van der Waals surface area contributed by atoms with Gasteiger partial charge in [-0.1, -0.05) is 18.7 Å². The topological polar surface area (TPSA) is 46.5 Å². The zero-order valence-corrected chi connectivity index (χ0v) is 10.2. The Hall–Kier alpha value is -0.500. The van der Waals surface area contributed by atoms with Crippen LogP contribution in [-0.2, 0) is 9.53 Å². The molecule has 3 nitrogen and oxygen atoms in total. The number of carboxylic acids is 1. The first kappa shape index (κ1) is 15.5. The summed E-state index contributed by atoms with van der Waals surface area (Å²) in [4.78, 5) is 10.8. The highest BCUT2D eigenvalue weighted by molar-refractivity contribution is 8.23. The van der Waals surface area contributed by atoms with E-state index in [2.05, 4.69) is 17.0 Å². The molecule has 0 radical (unpaired) electrons. The molecule has 0 heterocycles. The lowest BCUT2D eigenvalue weighted by Crippen LogP contribution is -2.33. The van der Waals surface area contributed by atoms with Crippen LogP contribution >= 0.6 is 24.0 Å². The van der Waals surface area contributed by atoms with Gasteiger partial charge in [0.15, 0.2) is 0 Å². The fourth-order valence-corrected chi connectivity index (χ4v) is 2.00. The second-order valence-corrected chi connectivity index (χ2v) is 5.15. The van der Waals surface area contributed by atoms with E-state index in [-0.39, 0.29) is 6.42 Å². The van der Waals surface area contributed by atoms with Gasteiger partial charge in [-0.05, 0) is 25.6 Å². The van der Waals surface area contributed by atoms with Crippen molar-refractivity contribution in [3.8, 4) is 0 Å². The Kier molecular flexibility index (Phi) is 6.09. The summed E-state index contributed by atoms with van der Waals surface area (Å²) in [7, 11) is 0. The van der Waals surface area contributed by atoms with Crippen molar-refractivity contribution in [1.82, 2.24) is 0 Å². The van der Waals surface area contributed by atoms with Crippen molar-refractivity contribution >= 4 is 34.3 Å². The van der Waals surface area contributed by atoms with E-state index in [1.54, 1.807) is 6.92 Å². The average molecular weight is 276 g/mol. The summed E-state index contributed by atoms with van der Waals surface area (Å²) < 4.78 is 38.2. The second-order valence-electron chi connectivity index (χ2n) is 3.05. The van der Waals surface area contributed by atoms with Crippen LogP contribution < -0.4 is 0 Å². The second kappa shape index (κ2) is 6.29. The molecule has 0 aliphatic rings. The third-order valence-corrected chi connectivity index (χ3v) is 3.37. The van der Waals surface area contributed by atoms with Crippen LogP contribution in [0, 0.1) is 0 Å². The molecule has 0 spiro atoms. The lowest BCUT2D eigenvalue weighted by Gasteiger charge is -2.22. The van der Waals surface area contributed by atoms with Crippen molar-refractivity contribution in [1.29, 1.82) is 0 Å². The maximum absolute atomic E-state index is 12.4. The SMILES string of the molecule is CCC(C)(SC(=S)OC(F)C(F)F)C(=O)O.